The van der Waals surface area contributed by atoms with E-state index in [-0.39, 0.29) is 23.0 Å². The van der Waals surface area contributed by atoms with E-state index in [4.69, 9.17) is 0 Å². The van der Waals surface area contributed by atoms with E-state index in [9.17, 15) is 19.2 Å². The van der Waals surface area contributed by atoms with Crippen LogP contribution in [0, 0.1) is 0 Å². The number of hydrogen-bond donors (Lipinski definition) is 0. The summed E-state index contributed by atoms with van der Waals surface area (Å²) < 4.78 is 0. The molecule has 4 heteroatoms. The number of ketones is 3. The van der Waals surface area contributed by atoms with Crippen LogP contribution in [-0.2, 0) is 4.79 Å². The molecule has 0 aliphatic rings. The minimum atomic E-state index is -0.829. The number of benzene rings is 3. The van der Waals surface area contributed by atoms with Gasteiger partial charge in [-0.25, -0.2) is 0 Å². The van der Waals surface area contributed by atoms with Gasteiger partial charge in [-0.1, -0.05) is 66.7 Å². The van der Waals surface area contributed by atoms with Crippen molar-refractivity contribution in [3.8, 4) is 0 Å². The van der Waals surface area contributed by atoms with Crippen LogP contribution in [0.1, 0.15) is 31.1 Å². The zero-order valence-electron chi connectivity index (χ0n) is 12.6. The molecule has 0 saturated carbocycles. The molecular weight excluding hydrogens is 304 g/mol. The molecule has 0 aliphatic carbocycles. The van der Waals surface area contributed by atoms with Gasteiger partial charge in [-0.3, -0.25) is 19.2 Å². The first-order valence-electron chi connectivity index (χ1n) is 7.29. The number of fused-ring (bicyclic) bond motifs is 1. The van der Waals surface area contributed by atoms with Gasteiger partial charge in [0.25, 0.3) is 0 Å². The van der Waals surface area contributed by atoms with Crippen molar-refractivity contribution in [2.24, 2.45) is 0 Å². The van der Waals surface area contributed by atoms with Gasteiger partial charge in [0.05, 0.1) is 0 Å². The van der Waals surface area contributed by atoms with Crippen molar-refractivity contribution >= 4 is 34.4 Å². The van der Waals surface area contributed by atoms with Crippen molar-refractivity contribution in [3.63, 3.8) is 0 Å². The Bertz CT molecular complexity index is 980. The van der Waals surface area contributed by atoms with E-state index in [2.05, 4.69) is 0 Å². The molecule has 0 radical (unpaired) electrons. The quantitative estimate of drug-likeness (QED) is 0.411. The normalized spacial score (nSPS) is 10.3. The maximum atomic E-state index is 12.7. The summed E-state index contributed by atoms with van der Waals surface area (Å²) in [5, 5.41) is 1.51. The monoisotopic (exact) mass is 316 g/mol. The van der Waals surface area contributed by atoms with Gasteiger partial charge in [0, 0.05) is 16.7 Å². The van der Waals surface area contributed by atoms with Gasteiger partial charge in [0.15, 0.2) is 6.29 Å². The standard InChI is InChI=1S/C20H12O4/c21-12-18(22)15-9-3-4-10-17(15)20(24)19(23)16-11-5-7-13-6-1-2-8-14(13)16/h1-12H. The van der Waals surface area contributed by atoms with Crippen molar-refractivity contribution in [2.45, 2.75) is 0 Å². The number of carbonyl (C=O) groups excluding carboxylic acids is 4. The van der Waals surface area contributed by atoms with Crippen molar-refractivity contribution in [2.75, 3.05) is 0 Å². The van der Waals surface area contributed by atoms with Crippen LogP contribution in [0.5, 0.6) is 0 Å². The summed E-state index contributed by atoms with van der Waals surface area (Å²) in [6.07, 6.45) is 0.133. The molecule has 0 aromatic heterocycles. The van der Waals surface area contributed by atoms with Gasteiger partial charge >= 0.3 is 0 Å². The first-order chi connectivity index (χ1) is 11.6. The summed E-state index contributed by atoms with van der Waals surface area (Å²) >= 11 is 0. The summed E-state index contributed by atoms with van der Waals surface area (Å²) in [4.78, 5) is 47.7. The van der Waals surface area contributed by atoms with Crippen LogP contribution in [0.25, 0.3) is 10.8 Å². The van der Waals surface area contributed by atoms with Crippen molar-refractivity contribution < 1.29 is 19.2 Å². The first kappa shape index (κ1) is 15.5. The highest BCUT2D eigenvalue weighted by Gasteiger charge is 2.24. The van der Waals surface area contributed by atoms with Crippen LogP contribution in [0.3, 0.4) is 0 Å². The molecule has 3 aromatic carbocycles. The third-order valence-electron chi connectivity index (χ3n) is 3.78. The fourth-order valence-electron chi connectivity index (χ4n) is 2.63. The van der Waals surface area contributed by atoms with Crippen molar-refractivity contribution in [3.05, 3.63) is 83.4 Å². The third kappa shape index (κ3) is 2.65. The Hall–Kier alpha value is -3.40. The molecule has 0 amide bonds. The first-order valence-corrected chi connectivity index (χ1v) is 7.29. The fourth-order valence-corrected chi connectivity index (χ4v) is 2.63. The van der Waals surface area contributed by atoms with Crippen LogP contribution >= 0.6 is 0 Å². The van der Waals surface area contributed by atoms with E-state index in [1.807, 2.05) is 18.2 Å². The second kappa shape index (κ2) is 6.38. The second-order valence-corrected chi connectivity index (χ2v) is 5.21. The van der Waals surface area contributed by atoms with Crippen LogP contribution in [0.2, 0.25) is 0 Å². The number of Topliss-reactive ketones (excluding diaryl/α,β-unsaturated/α-hetero) is 3. The van der Waals surface area contributed by atoms with Gasteiger partial charge in [-0.15, -0.1) is 0 Å². The number of aldehydes is 1. The van der Waals surface area contributed by atoms with E-state index >= 15 is 0 Å². The SMILES string of the molecule is O=CC(=O)c1ccccc1C(=O)C(=O)c1cccc2ccccc12. The molecule has 0 fully saturated rings. The van der Waals surface area contributed by atoms with Crippen LogP contribution in [0.15, 0.2) is 66.7 Å². The van der Waals surface area contributed by atoms with Crippen LogP contribution in [0.4, 0.5) is 0 Å². The van der Waals surface area contributed by atoms with Gasteiger partial charge in [-0.2, -0.15) is 0 Å². The minimum absolute atomic E-state index is 0.0625. The third-order valence-corrected chi connectivity index (χ3v) is 3.78. The predicted molar refractivity (Wildman–Crippen MR) is 89.4 cm³/mol. The maximum Gasteiger partial charge on any atom is 0.234 e. The molecule has 3 aromatic rings. The molecule has 0 aliphatic heterocycles. The second-order valence-electron chi connectivity index (χ2n) is 5.21. The van der Waals surface area contributed by atoms with Crippen LogP contribution in [-0.4, -0.2) is 23.6 Å². The highest BCUT2D eigenvalue weighted by atomic mass is 16.2. The van der Waals surface area contributed by atoms with Crippen molar-refractivity contribution in [1.29, 1.82) is 0 Å². The topological polar surface area (TPSA) is 68.3 Å². The molecule has 0 atom stereocenters. The molecule has 116 valence electrons. The lowest BCUT2D eigenvalue weighted by Crippen LogP contribution is -2.18. The van der Waals surface area contributed by atoms with Gasteiger partial charge in [-0.05, 0) is 10.8 Å². The number of rotatable bonds is 5. The highest BCUT2D eigenvalue weighted by Crippen LogP contribution is 2.21. The Morgan fingerprint density at radius 2 is 1.17 bits per heavy atom. The lowest BCUT2D eigenvalue weighted by atomic mass is 9.93. The Morgan fingerprint density at radius 3 is 1.92 bits per heavy atom. The van der Waals surface area contributed by atoms with E-state index < -0.39 is 17.3 Å². The molecule has 3 rings (SSSR count). The van der Waals surface area contributed by atoms with E-state index in [1.165, 1.54) is 18.2 Å². The Balaban J connectivity index is 2.09. The average Bonchev–Trinajstić information content (AvgIpc) is 2.65. The Kier molecular flexibility index (Phi) is 4.12. The van der Waals surface area contributed by atoms with Crippen LogP contribution < -0.4 is 0 Å². The molecular formula is C20H12O4. The van der Waals surface area contributed by atoms with Crippen molar-refractivity contribution in [1.82, 2.24) is 0 Å². The van der Waals surface area contributed by atoms with E-state index in [0.717, 1.165) is 5.39 Å². The Morgan fingerprint density at radius 1 is 0.625 bits per heavy atom. The average molecular weight is 316 g/mol. The van der Waals surface area contributed by atoms with E-state index in [0.29, 0.717) is 5.39 Å². The number of hydrogen-bond acceptors (Lipinski definition) is 4. The molecule has 4 nitrogen and oxygen atoms in total. The molecule has 24 heavy (non-hydrogen) atoms. The molecule has 0 saturated heterocycles. The summed E-state index contributed by atoms with van der Waals surface area (Å²) in [6.45, 7) is 0. The van der Waals surface area contributed by atoms with Gasteiger partial charge in [0.2, 0.25) is 17.3 Å². The zero-order valence-corrected chi connectivity index (χ0v) is 12.6. The zero-order chi connectivity index (χ0) is 17.1. The highest BCUT2D eigenvalue weighted by molar-refractivity contribution is 6.52. The summed E-state index contributed by atoms with van der Waals surface area (Å²) in [5.74, 6) is -2.35. The Labute approximate surface area is 137 Å². The van der Waals surface area contributed by atoms with Gasteiger partial charge in [0.1, 0.15) is 0 Å². The molecule has 0 unspecified atom stereocenters. The summed E-state index contributed by atoms with van der Waals surface area (Å²) in [7, 11) is 0. The predicted octanol–water partition coefficient (Wildman–Crippen LogP) is 3.29. The lowest BCUT2D eigenvalue weighted by Gasteiger charge is -2.07. The molecule has 0 bridgehead atoms. The summed E-state index contributed by atoms with van der Waals surface area (Å²) in [6, 6.07) is 18.2. The largest absolute Gasteiger partial charge is 0.294 e. The maximum absolute atomic E-state index is 12.7. The van der Waals surface area contributed by atoms with E-state index in [1.54, 1.807) is 30.3 Å². The number of carbonyl (C=O) groups is 4. The minimum Gasteiger partial charge on any atom is -0.294 e. The van der Waals surface area contributed by atoms with Gasteiger partial charge < -0.3 is 0 Å². The lowest BCUT2D eigenvalue weighted by molar-refractivity contribution is -0.104. The summed E-state index contributed by atoms with van der Waals surface area (Å²) in [5.41, 5.74) is 0.144. The molecule has 0 N–H and O–H groups in total. The molecule has 0 spiro atoms. The fraction of sp³-hybridized carbons (Fsp3) is 0. The smallest absolute Gasteiger partial charge is 0.234 e. The molecule has 0 heterocycles.